The minimum absolute atomic E-state index is 0.204. The molecule has 8 heteroatoms. The number of amides is 2. The number of ether oxygens (including phenoxy) is 2. The zero-order valence-electron chi connectivity index (χ0n) is 18.1. The van der Waals surface area contributed by atoms with Crippen LogP contribution >= 0.6 is 0 Å². The molecule has 2 rings (SSSR count). The third-order valence-electron chi connectivity index (χ3n) is 4.50. The van der Waals surface area contributed by atoms with E-state index in [1.165, 1.54) is 24.3 Å². The SMILES string of the molecule is CCOc1cc(OCC)cc(C(=O)NCC(N)CC(C)C(=O)Nc2ccc(F)cc2)c1. The van der Waals surface area contributed by atoms with E-state index >= 15 is 0 Å². The Morgan fingerprint density at radius 1 is 1.03 bits per heavy atom. The lowest BCUT2D eigenvalue weighted by atomic mass is 10.0. The van der Waals surface area contributed by atoms with Gasteiger partial charge in [-0.15, -0.1) is 0 Å². The van der Waals surface area contributed by atoms with E-state index in [4.69, 9.17) is 15.2 Å². The van der Waals surface area contributed by atoms with E-state index < -0.39 is 6.04 Å². The van der Waals surface area contributed by atoms with Gasteiger partial charge in [0.1, 0.15) is 17.3 Å². The van der Waals surface area contributed by atoms with Crippen LogP contribution in [0.3, 0.4) is 0 Å². The van der Waals surface area contributed by atoms with Gasteiger partial charge in [-0.2, -0.15) is 0 Å². The number of halogens is 1. The van der Waals surface area contributed by atoms with Crippen LogP contribution < -0.4 is 25.8 Å². The van der Waals surface area contributed by atoms with Gasteiger partial charge in [0.2, 0.25) is 5.91 Å². The molecule has 0 spiro atoms. The maximum atomic E-state index is 13.0. The molecule has 0 aliphatic carbocycles. The highest BCUT2D eigenvalue weighted by Gasteiger charge is 2.18. The summed E-state index contributed by atoms with van der Waals surface area (Å²) in [6, 6.07) is 10.1. The molecule has 2 amide bonds. The zero-order valence-corrected chi connectivity index (χ0v) is 18.1. The van der Waals surface area contributed by atoms with Crippen LogP contribution in [0.5, 0.6) is 11.5 Å². The second-order valence-corrected chi connectivity index (χ2v) is 7.16. The van der Waals surface area contributed by atoms with Crippen LogP contribution in [-0.2, 0) is 4.79 Å². The van der Waals surface area contributed by atoms with E-state index in [9.17, 15) is 14.0 Å². The van der Waals surface area contributed by atoms with Crippen LogP contribution in [-0.4, -0.2) is 37.6 Å². The third kappa shape index (κ3) is 7.90. The number of hydrogen-bond donors (Lipinski definition) is 3. The first-order chi connectivity index (χ1) is 14.8. The molecule has 4 N–H and O–H groups in total. The molecule has 2 aromatic rings. The Hall–Kier alpha value is -3.13. The van der Waals surface area contributed by atoms with Gasteiger partial charge in [0, 0.05) is 35.8 Å². The maximum absolute atomic E-state index is 13.0. The van der Waals surface area contributed by atoms with Crippen molar-refractivity contribution >= 4 is 17.5 Å². The smallest absolute Gasteiger partial charge is 0.251 e. The Labute approximate surface area is 182 Å². The van der Waals surface area contributed by atoms with Gasteiger partial charge in [-0.25, -0.2) is 4.39 Å². The molecule has 2 unspecified atom stereocenters. The first-order valence-electron chi connectivity index (χ1n) is 10.3. The predicted molar refractivity (Wildman–Crippen MR) is 118 cm³/mol. The van der Waals surface area contributed by atoms with Crippen molar-refractivity contribution in [3.63, 3.8) is 0 Å². The Morgan fingerprint density at radius 3 is 2.16 bits per heavy atom. The average molecular weight is 432 g/mol. The normalized spacial score (nSPS) is 12.5. The summed E-state index contributed by atoms with van der Waals surface area (Å²) in [6.07, 6.45) is 0.372. The van der Waals surface area contributed by atoms with Gasteiger partial charge in [0.05, 0.1) is 13.2 Å². The van der Waals surface area contributed by atoms with E-state index in [-0.39, 0.29) is 30.1 Å². The standard InChI is InChI=1S/C23H30FN3O4/c1-4-30-20-11-16(12-21(13-20)31-5-2)23(29)26-14-18(25)10-15(3)22(28)27-19-8-6-17(24)7-9-19/h6-9,11-13,15,18H,4-5,10,14,25H2,1-3H3,(H,26,29)(H,27,28). The predicted octanol–water partition coefficient (Wildman–Crippen LogP) is 3.35. The topological polar surface area (TPSA) is 103 Å². The first kappa shape index (κ1) is 24.1. The highest BCUT2D eigenvalue weighted by Crippen LogP contribution is 2.23. The van der Waals surface area contributed by atoms with Crippen LogP contribution in [0, 0.1) is 11.7 Å². The molecule has 0 fully saturated rings. The van der Waals surface area contributed by atoms with Gasteiger partial charge < -0.3 is 25.8 Å². The third-order valence-corrected chi connectivity index (χ3v) is 4.50. The van der Waals surface area contributed by atoms with Crippen molar-refractivity contribution in [3.8, 4) is 11.5 Å². The molecule has 0 aliphatic heterocycles. The molecule has 0 heterocycles. The second-order valence-electron chi connectivity index (χ2n) is 7.16. The van der Waals surface area contributed by atoms with E-state index in [0.717, 1.165) is 0 Å². The molecule has 7 nitrogen and oxygen atoms in total. The Bertz CT molecular complexity index is 849. The lowest BCUT2D eigenvalue weighted by Gasteiger charge is -2.18. The quantitative estimate of drug-likeness (QED) is 0.506. The van der Waals surface area contributed by atoms with Gasteiger partial charge in [-0.3, -0.25) is 9.59 Å². The molecule has 0 saturated carbocycles. The van der Waals surface area contributed by atoms with E-state index in [1.807, 2.05) is 13.8 Å². The van der Waals surface area contributed by atoms with Crippen LogP contribution in [0.1, 0.15) is 37.6 Å². The van der Waals surface area contributed by atoms with Crippen molar-refractivity contribution in [1.29, 1.82) is 0 Å². The number of carbonyl (C=O) groups is 2. The van der Waals surface area contributed by atoms with Crippen molar-refractivity contribution in [2.24, 2.45) is 11.7 Å². The fourth-order valence-corrected chi connectivity index (χ4v) is 2.97. The van der Waals surface area contributed by atoms with E-state index in [2.05, 4.69) is 10.6 Å². The summed E-state index contributed by atoms with van der Waals surface area (Å²) in [5.74, 6) is -0.185. The molecule has 0 saturated heterocycles. The van der Waals surface area contributed by atoms with Crippen molar-refractivity contribution in [2.45, 2.75) is 33.2 Å². The summed E-state index contributed by atoms with van der Waals surface area (Å²) >= 11 is 0. The van der Waals surface area contributed by atoms with E-state index in [1.54, 1.807) is 25.1 Å². The average Bonchev–Trinajstić information content (AvgIpc) is 2.74. The largest absolute Gasteiger partial charge is 0.494 e. The second kappa shape index (κ2) is 11.9. The van der Waals surface area contributed by atoms with Crippen molar-refractivity contribution in [1.82, 2.24) is 5.32 Å². The van der Waals surface area contributed by atoms with Crippen molar-refractivity contribution < 1.29 is 23.5 Å². The number of nitrogens with one attached hydrogen (secondary N) is 2. The highest BCUT2D eigenvalue weighted by molar-refractivity contribution is 5.95. The minimum atomic E-state index is -0.417. The molecular formula is C23H30FN3O4. The number of hydrogen-bond acceptors (Lipinski definition) is 5. The monoisotopic (exact) mass is 431 g/mol. The van der Waals surface area contributed by atoms with Crippen LogP contribution in [0.25, 0.3) is 0 Å². The van der Waals surface area contributed by atoms with Crippen LogP contribution in [0.2, 0.25) is 0 Å². The lowest BCUT2D eigenvalue weighted by molar-refractivity contribution is -0.119. The summed E-state index contributed by atoms with van der Waals surface area (Å²) in [7, 11) is 0. The van der Waals surface area contributed by atoms with Gasteiger partial charge in [-0.1, -0.05) is 6.92 Å². The Kier molecular flexibility index (Phi) is 9.27. The molecule has 2 atom stereocenters. The Morgan fingerprint density at radius 2 is 1.61 bits per heavy atom. The molecule has 2 aromatic carbocycles. The van der Waals surface area contributed by atoms with Crippen LogP contribution in [0.15, 0.2) is 42.5 Å². The maximum Gasteiger partial charge on any atom is 0.251 e. The number of nitrogens with two attached hydrogens (primary N) is 1. The van der Waals surface area contributed by atoms with Gasteiger partial charge >= 0.3 is 0 Å². The summed E-state index contributed by atoms with van der Waals surface area (Å²) in [4.78, 5) is 24.9. The highest BCUT2D eigenvalue weighted by atomic mass is 19.1. The molecule has 0 aliphatic rings. The summed E-state index contributed by atoms with van der Waals surface area (Å²) < 4.78 is 24.0. The molecular weight excluding hydrogens is 401 g/mol. The molecule has 168 valence electrons. The zero-order chi connectivity index (χ0) is 22.8. The fourth-order valence-electron chi connectivity index (χ4n) is 2.97. The van der Waals surface area contributed by atoms with Crippen LogP contribution in [0.4, 0.5) is 10.1 Å². The lowest BCUT2D eigenvalue weighted by Crippen LogP contribution is -2.39. The molecule has 31 heavy (non-hydrogen) atoms. The first-order valence-corrected chi connectivity index (χ1v) is 10.3. The minimum Gasteiger partial charge on any atom is -0.494 e. The Balaban J connectivity index is 1.88. The van der Waals surface area contributed by atoms with Gasteiger partial charge in [0.15, 0.2) is 0 Å². The van der Waals surface area contributed by atoms with Crippen molar-refractivity contribution in [2.75, 3.05) is 25.1 Å². The number of rotatable bonds is 11. The van der Waals surface area contributed by atoms with Gasteiger partial charge in [-0.05, 0) is 56.7 Å². The summed E-state index contributed by atoms with van der Waals surface area (Å²) in [6.45, 7) is 6.62. The van der Waals surface area contributed by atoms with Crippen molar-refractivity contribution in [3.05, 3.63) is 53.8 Å². The molecule has 0 bridgehead atoms. The number of carbonyl (C=O) groups excluding carboxylic acids is 2. The molecule has 0 aromatic heterocycles. The number of benzene rings is 2. The van der Waals surface area contributed by atoms with Gasteiger partial charge in [0.25, 0.3) is 5.91 Å². The van der Waals surface area contributed by atoms with E-state index in [0.29, 0.717) is 42.4 Å². The fraction of sp³-hybridized carbons (Fsp3) is 0.391. The molecule has 0 radical (unpaired) electrons. The summed E-state index contributed by atoms with van der Waals surface area (Å²) in [5, 5.41) is 5.51. The number of anilines is 1. The summed E-state index contributed by atoms with van der Waals surface area (Å²) in [5.41, 5.74) is 7.03.